The van der Waals surface area contributed by atoms with Gasteiger partial charge < -0.3 is 5.43 Å². The Morgan fingerprint density at radius 3 is 2.17 bits per heavy atom. The van der Waals surface area contributed by atoms with Crippen molar-refractivity contribution in [2.24, 2.45) is 5.84 Å². The van der Waals surface area contributed by atoms with Gasteiger partial charge in [0.1, 0.15) is 17.5 Å². The van der Waals surface area contributed by atoms with Crippen molar-refractivity contribution in [3.05, 3.63) is 101 Å². The second-order valence-corrected chi connectivity index (χ2v) is 7.08. The summed E-state index contributed by atoms with van der Waals surface area (Å²) in [6.07, 6.45) is 0.861. The zero-order valence-corrected chi connectivity index (χ0v) is 16.0. The molecule has 5 aromatic rings. The van der Waals surface area contributed by atoms with Gasteiger partial charge in [0.05, 0.1) is 5.70 Å². The molecule has 0 saturated heterocycles. The molecule has 0 amide bonds. The lowest BCUT2D eigenvalue weighted by molar-refractivity contribution is 0.112. The second kappa shape index (κ2) is 7.39. The summed E-state index contributed by atoms with van der Waals surface area (Å²) in [4.78, 5) is 11.4. The van der Waals surface area contributed by atoms with Gasteiger partial charge in [-0.1, -0.05) is 60.7 Å². The third-order valence-corrected chi connectivity index (χ3v) is 5.25. The molecule has 5 rings (SSSR count). The van der Waals surface area contributed by atoms with E-state index >= 15 is 0 Å². The third kappa shape index (κ3) is 2.98. The molecule has 0 spiro atoms. The van der Waals surface area contributed by atoms with Crippen LogP contribution in [0.1, 0.15) is 15.9 Å². The second-order valence-electron chi connectivity index (χ2n) is 7.08. The van der Waals surface area contributed by atoms with Crippen molar-refractivity contribution in [3.63, 3.8) is 0 Å². The lowest BCUT2D eigenvalue weighted by atomic mass is 10.1. The predicted molar refractivity (Wildman–Crippen MR) is 119 cm³/mol. The molecular formula is C25H18N4O. The summed E-state index contributed by atoms with van der Waals surface area (Å²) < 4.78 is 0. The lowest BCUT2D eigenvalue weighted by Crippen LogP contribution is -2.27. The van der Waals surface area contributed by atoms with Gasteiger partial charge >= 0.3 is 0 Å². The Morgan fingerprint density at radius 1 is 0.833 bits per heavy atom. The topological polar surface area (TPSA) is 80.9 Å². The van der Waals surface area contributed by atoms with Crippen LogP contribution in [0.4, 0.5) is 0 Å². The molecule has 0 aliphatic carbocycles. The van der Waals surface area contributed by atoms with Crippen molar-refractivity contribution in [1.29, 1.82) is 0 Å². The van der Waals surface area contributed by atoms with Gasteiger partial charge in [-0.25, -0.2) is 0 Å². The summed E-state index contributed by atoms with van der Waals surface area (Å²) >= 11 is 0. The first-order chi connectivity index (χ1) is 14.8. The highest BCUT2D eigenvalue weighted by Crippen LogP contribution is 2.28. The highest BCUT2D eigenvalue weighted by Gasteiger charge is 2.14. The number of nitrogens with one attached hydrogen (secondary N) is 1. The summed E-state index contributed by atoms with van der Waals surface area (Å²) in [6.45, 7) is 0. The van der Waals surface area contributed by atoms with Crippen LogP contribution in [-0.4, -0.2) is 16.5 Å². The number of fused-ring (bicyclic) bond motifs is 2. The number of aromatic nitrogens is 2. The molecule has 5 nitrogen and oxygen atoms in total. The summed E-state index contributed by atoms with van der Waals surface area (Å²) in [6, 6.07) is 27.6. The Balaban J connectivity index is 1.98. The standard InChI is InChI=1S/C25H18N4O/c26-27-23(17-7-3-1-4-8-17)21-13-19-11-16(15-30)12-20(19)14-22-24(28-29-25(21)22)18-9-5-2-6-10-18/h1-15,27H,26H2/b23-21+. The van der Waals surface area contributed by atoms with E-state index in [4.69, 9.17) is 5.84 Å². The third-order valence-electron chi connectivity index (χ3n) is 5.25. The maximum absolute atomic E-state index is 11.4. The molecule has 0 bridgehead atoms. The molecule has 0 fully saturated rings. The fraction of sp³-hybridized carbons (Fsp3) is 0. The van der Waals surface area contributed by atoms with Crippen LogP contribution in [0.25, 0.3) is 38.6 Å². The van der Waals surface area contributed by atoms with Gasteiger partial charge in [0, 0.05) is 21.7 Å². The molecule has 1 heterocycles. The largest absolute Gasteiger partial charge is 0.323 e. The number of carbonyl (C=O) groups excluding carboxylic acids is 1. The quantitative estimate of drug-likeness (QED) is 0.278. The van der Waals surface area contributed by atoms with Crippen LogP contribution >= 0.6 is 0 Å². The summed E-state index contributed by atoms with van der Waals surface area (Å²) in [7, 11) is 0. The molecule has 5 heteroatoms. The van der Waals surface area contributed by atoms with Crippen molar-refractivity contribution in [1.82, 2.24) is 15.6 Å². The highest BCUT2D eigenvalue weighted by molar-refractivity contribution is 6.02. The monoisotopic (exact) mass is 390 g/mol. The number of hydrogen-bond acceptors (Lipinski definition) is 5. The van der Waals surface area contributed by atoms with Crippen molar-refractivity contribution in [3.8, 4) is 11.3 Å². The molecule has 0 unspecified atom stereocenters. The molecule has 30 heavy (non-hydrogen) atoms. The fourth-order valence-corrected chi connectivity index (χ4v) is 3.84. The number of carbonyl (C=O) groups is 1. The highest BCUT2D eigenvalue weighted by atomic mass is 16.1. The first kappa shape index (κ1) is 18.0. The van der Waals surface area contributed by atoms with E-state index in [0.29, 0.717) is 5.56 Å². The molecule has 0 aliphatic rings. The molecule has 4 aromatic carbocycles. The van der Waals surface area contributed by atoms with Gasteiger partial charge in [-0.05, 0) is 40.6 Å². The normalized spacial score (nSPS) is 12.2. The summed E-state index contributed by atoms with van der Waals surface area (Å²) in [5.74, 6) is 5.97. The maximum atomic E-state index is 11.4. The van der Waals surface area contributed by atoms with Crippen LogP contribution in [0.2, 0.25) is 0 Å². The van der Waals surface area contributed by atoms with Crippen LogP contribution in [0.15, 0.2) is 84.9 Å². The number of rotatable bonds is 4. The molecule has 144 valence electrons. The van der Waals surface area contributed by atoms with Crippen LogP contribution < -0.4 is 16.5 Å². The SMILES string of the molecule is NN/C(c1ccccc1)=c1\cc2cc(C=O)cc2cc2c(-c3ccccc3)nnc12. The van der Waals surface area contributed by atoms with Crippen LogP contribution in [0.5, 0.6) is 0 Å². The number of hydrogen-bond donors (Lipinski definition) is 2. The van der Waals surface area contributed by atoms with Gasteiger partial charge in [-0.15, -0.1) is 10.2 Å². The number of hydrazine groups is 1. The van der Waals surface area contributed by atoms with Gasteiger partial charge in [-0.3, -0.25) is 10.6 Å². The zero-order chi connectivity index (χ0) is 20.5. The Kier molecular flexibility index (Phi) is 4.42. The Bertz CT molecular complexity index is 1430. The van der Waals surface area contributed by atoms with Crippen molar-refractivity contribution < 1.29 is 4.79 Å². The van der Waals surface area contributed by atoms with E-state index in [9.17, 15) is 4.79 Å². The van der Waals surface area contributed by atoms with Gasteiger partial charge in [0.15, 0.2) is 0 Å². The van der Waals surface area contributed by atoms with E-state index < -0.39 is 0 Å². The summed E-state index contributed by atoms with van der Waals surface area (Å²) in [5, 5.41) is 12.6. The predicted octanol–water partition coefficient (Wildman–Crippen LogP) is 3.60. The molecule has 0 aliphatic heterocycles. The molecule has 0 radical (unpaired) electrons. The first-order valence-corrected chi connectivity index (χ1v) is 9.59. The molecule has 0 saturated carbocycles. The van der Waals surface area contributed by atoms with Gasteiger partial charge in [0.2, 0.25) is 0 Å². The lowest BCUT2D eigenvalue weighted by Gasteiger charge is -2.06. The average Bonchev–Trinajstić information content (AvgIpc) is 3.36. The van der Waals surface area contributed by atoms with Gasteiger partial charge in [-0.2, -0.15) is 0 Å². The van der Waals surface area contributed by atoms with E-state index in [1.165, 1.54) is 0 Å². The average molecular weight is 390 g/mol. The minimum absolute atomic E-state index is 0.631. The van der Waals surface area contributed by atoms with Crippen LogP contribution in [0, 0.1) is 0 Å². The Morgan fingerprint density at radius 2 is 1.50 bits per heavy atom. The minimum Gasteiger partial charge on any atom is -0.323 e. The number of nitrogens with zero attached hydrogens (tertiary/aromatic N) is 2. The number of nitrogens with two attached hydrogens (primary N) is 1. The van der Waals surface area contributed by atoms with E-state index in [1.807, 2.05) is 84.9 Å². The fourth-order valence-electron chi connectivity index (χ4n) is 3.84. The first-order valence-electron chi connectivity index (χ1n) is 9.59. The van der Waals surface area contributed by atoms with Gasteiger partial charge in [0.25, 0.3) is 0 Å². The van der Waals surface area contributed by atoms with E-state index in [2.05, 4.69) is 15.6 Å². The molecule has 3 N–H and O–H groups in total. The van der Waals surface area contributed by atoms with Crippen molar-refractivity contribution in [2.45, 2.75) is 0 Å². The maximum Gasteiger partial charge on any atom is 0.150 e. The smallest absolute Gasteiger partial charge is 0.150 e. The number of benzene rings is 2. The molecule has 1 aromatic heterocycles. The molecular weight excluding hydrogens is 372 g/mol. The van der Waals surface area contributed by atoms with E-state index in [0.717, 1.165) is 55.7 Å². The zero-order valence-electron chi connectivity index (χ0n) is 16.0. The Hall–Kier alpha value is -4.09. The van der Waals surface area contributed by atoms with E-state index in [-0.39, 0.29) is 0 Å². The van der Waals surface area contributed by atoms with Crippen LogP contribution in [-0.2, 0) is 0 Å². The van der Waals surface area contributed by atoms with E-state index in [1.54, 1.807) is 0 Å². The molecule has 0 atom stereocenters. The summed E-state index contributed by atoms with van der Waals surface area (Å²) in [5.41, 5.74) is 7.68. The minimum atomic E-state index is 0.631. The Labute approximate surface area is 172 Å². The number of aldehydes is 1. The van der Waals surface area contributed by atoms with Crippen molar-refractivity contribution in [2.75, 3.05) is 0 Å². The van der Waals surface area contributed by atoms with Crippen LogP contribution in [0.3, 0.4) is 0 Å². The van der Waals surface area contributed by atoms with Crippen molar-refractivity contribution >= 4 is 33.7 Å².